The van der Waals surface area contributed by atoms with Gasteiger partial charge in [0.1, 0.15) is 11.6 Å². The molecule has 1 aliphatic rings. The summed E-state index contributed by atoms with van der Waals surface area (Å²) in [6.07, 6.45) is 3.24. The highest BCUT2D eigenvalue weighted by atomic mass is 16.5. The number of hydrogen-bond acceptors (Lipinski definition) is 4. The van der Waals surface area contributed by atoms with Crippen LogP contribution in [0, 0.1) is 0 Å². The van der Waals surface area contributed by atoms with Crippen LogP contribution >= 0.6 is 0 Å². The molecule has 1 aliphatic heterocycles. The van der Waals surface area contributed by atoms with Crippen LogP contribution in [0.2, 0.25) is 0 Å². The molecule has 2 heterocycles. The molecule has 1 unspecified atom stereocenters. The summed E-state index contributed by atoms with van der Waals surface area (Å²) in [6.45, 7) is 6.56. The summed E-state index contributed by atoms with van der Waals surface area (Å²) in [5.74, 6) is 1.50. The number of anilines is 1. The van der Waals surface area contributed by atoms with Gasteiger partial charge in [0.05, 0.1) is 6.10 Å². The number of aromatic amines is 1. The number of H-pyrrole nitrogens is 1. The summed E-state index contributed by atoms with van der Waals surface area (Å²) in [5.41, 5.74) is -0.0809. The van der Waals surface area contributed by atoms with Gasteiger partial charge in [-0.2, -0.15) is 0 Å². The summed E-state index contributed by atoms with van der Waals surface area (Å²) in [4.78, 5) is 20.9. The Labute approximate surface area is 107 Å². The van der Waals surface area contributed by atoms with Gasteiger partial charge in [-0.15, -0.1) is 0 Å². The lowest BCUT2D eigenvalue weighted by molar-refractivity contribution is 0.115. The molecular weight excluding hydrogens is 230 g/mol. The number of aromatic nitrogens is 2. The second kappa shape index (κ2) is 6.00. The Morgan fingerprint density at radius 2 is 2.39 bits per heavy atom. The van der Waals surface area contributed by atoms with Gasteiger partial charge in [0.2, 0.25) is 0 Å². The molecule has 1 saturated heterocycles. The molecule has 0 saturated carbocycles. The predicted molar refractivity (Wildman–Crippen MR) is 71.1 cm³/mol. The third kappa shape index (κ3) is 3.10. The smallest absolute Gasteiger partial charge is 0.252 e. The highest BCUT2D eigenvalue weighted by molar-refractivity contribution is 5.37. The first kappa shape index (κ1) is 13.1. The minimum Gasteiger partial charge on any atom is -0.376 e. The van der Waals surface area contributed by atoms with Crippen molar-refractivity contribution in [1.82, 2.24) is 9.97 Å². The minimum absolute atomic E-state index is 0.0809. The van der Waals surface area contributed by atoms with Crippen molar-refractivity contribution in [2.75, 3.05) is 24.6 Å². The van der Waals surface area contributed by atoms with Gasteiger partial charge in [-0.05, 0) is 19.8 Å². The van der Waals surface area contributed by atoms with Crippen molar-refractivity contribution in [2.24, 2.45) is 0 Å². The van der Waals surface area contributed by atoms with E-state index in [0.29, 0.717) is 0 Å². The van der Waals surface area contributed by atoms with E-state index in [-0.39, 0.29) is 11.7 Å². The first-order valence-electron chi connectivity index (χ1n) is 6.69. The van der Waals surface area contributed by atoms with Gasteiger partial charge in [-0.1, -0.05) is 6.92 Å². The fourth-order valence-corrected chi connectivity index (χ4v) is 2.24. The average Bonchev–Trinajstić information content (AvgIpc) is 2.88. The molecule has 0 aromatic carbocycles. The first-order valence-corrected chi connectivity index (χ1v) is 6.69. The molecule has 5 heteroatoms. The van der Waals surface area contributed by atoms with Crippen molar-refractivity contribution in [3.05, 3.63) is 22.2 Å². The Bertz CT molecular complexity index is 438. The Morgan fingerprint density at radius 1 is 1.56 bits per heavy atom. The standard InChI is InChI=1S/C13H21N3O2/c1-3-11-14-12(8-13(17)15-11)16(4-2)9-10-6-5-7-18-10/h8,10H,3-7,9H2,1-2H3,(H,14,15,17). The van der Waals surface area contributed by atoms with Gasteiger partial charge in [0.25, 0.3) is 5.56 Å². The van der Waals surface area contributed by atoms with E-state index in [1.165, 1.54) is 0 Å². The van der Waals surface area contributed by atoms with Crippen LogP contribution in [0.3, 0.4) is 0 Å². The van der Waals surface area contributed by atoms with Crippen molar-refractivity contribution in [2.45, 2.75) is 39.2 Å². The maximum absolute atomic E-state index is 11.6. The van der Waals surface area contributed by atoms with E-state index in [9.17, 15) is 4.79 Å². The highest BCUT2D eigenvalue weighted by Crippen LogP contribution is 2.16. The van der Waals surface area contributed by atoms with Gasteiger partial charge in [0, 0.05) is 32.2 Å². The summed E-state index contributed by atoms with van der Waals surface area (Å²) in [7, 11) is 0. The largest absolute Gasteiger partial charge is 0.376 e. The monoisotopic (exact) mass is 251 g/mol. The lowest BCUT2D eigenvalue weighted by atomic mass is 10.2. The molecule has 2 rings (SSSR count). The molecular formula is C13H21N3O2. The summed E-state index contributed by atoms with van der Waals surface area (Å²) < 4.78 is 5.64. The van der Waals surface area contributed by atoms with E-state index in [0.717, 1.165) is 50.6 Å². The number of aryl methyl sites for hydroxylation is 1. The second-order valence-electron chi connectivity index (χ2n) is 4.58. The summed E-state index contributed by atoms with van der Waals surface area (Å²) in [6, 6.07) is 1.57. The van der Waals surface area contributed by atoms with E-state index >= 15 is 0 Å². The number of nitrogens with one attached hydrogen (secondary N) is 1. The second-order valence-corrected chi connectivity index (χ2v) is 4.58. The molecule has 0 radical (unpaired) electrons. The third-order valence-electron chi connectivity index (χ3n) is 3.27. The molecule has 1 fully saturated rings. The van der Waals surface area contributed by atoms with Crippen LogP contribution in [0.5, 0.6) is 0 Å². The average molecular weight is 251 g/mol. The van der Waals surface area contributed by atoms with Crippen LogP contribution in [-0.2, 0) is 11.2 Å². The number of likely N-dealkylation sites (N-methyl/N-ethyl adjacent to an activating group) is 1. The molecule has 18 heavy (non-hydrogen) atoms. The highest BCUT2D eigenvalue weighted by Gasteiger charge is 2.19. The van der Waals surface area contributed by atoms with Gasteiger partial charge >= 0.3 is 0 Å². The number of rotatable bonds is 5. The molecule has 1 aromatic heterocycles. The topological polar surface area (TPSA) is 58.2 Å². The van der Waals surface area contributed by atoms with Crippen molar-refractivity contribution in [1.29, 1.82) is 0 Å². The van der Waals surface area contributed by atoms with Gasteiger partial charge in [0.15, 0.2) is 0 Å². The van der Waals surface area contributed by atoms with Crippen molar-refractivity contribution >= 4 is 5.82 Å². The molecule has 1 aromatic rings. The lowest BCUT2D eigenvalue weighted by Gasteiger charge is -2.25. The van der Waals surface area contributed by atoms with Crippen molar-refractivity contribution < 1.29 is 4.74 Å². The van der Waals surface area contributed by atoms with Gasteiger partial charge in [-0.25, -0.2) is 4.98 Å². The molecule has 0 spiro atoms. The number of ether oxygens (including phenoxy) is 1. The molecule has 0 aliphatic carbocycles. The summed E-state index contributed by atoms with van der Waals surface area (Å²) >= 11 is 0. The van der Waals surface area contributed by atoms with Crippen LogP contribution in [0.15, 0.2) is 10.9 Å². The van der Waals surface area contributed by atoms with Crippen LogP contribution in [0.1, 0.15) is 32.5 Å². The maximum atomic E-state index is 11.6. The van der Waals surface area contributed by atoms with E-state index in [4.69, 9.17) is 4.74 Å². The minimum atomic E-state index is -0.0809. The predicted octanol–water partition coefficient (Wildman–Crippen LogP) is 1.34. The van der Waals surface area contributed by atoms with Gasteiger partial charge < -0.3 is 14.6 Å². The first-order chi connectivity index (χ1) is 8.72. The molecule has 1 N–H and O–H groups in total. The Kier molecular flexibility index (Phi) is 4.36. The van der Waals surface area contributed by atoms with Gasteiger partial charge in [-0.3, -0.25) is 4.79 Å². The van der Waals surface area contributed by atoms with Crippen LogP contribution in [0.25, 0.3) is 0 Å². The zero-order valence-corrected chi connectivity index (χ0v) is 11.1. The number of nitrogens with zero attached hydrogens (tertiary/aromatic N) is 2. The Balaban J connectivity index is 2.15. The van der Waals surface area contributed by atoms with Crippen LogP contribution < -0.4 is 10.5 Å². The van der Waals surface area contributed by atoms with E-state index in [1.54, 1.807) is 6.07 Å². The molecule has 0 bridgehead atoms. The zero-order valence-electron chi connectivity index (χ0n) is 11.1. The Morgan fingerprint density at radius 3 is 3.00 bits per heavy atom. The van der Waals surface area contributed by atoms with Crippen molar-refractivity contribution in [3.63, 3.8) is 0 Å². The van der Waals surface area contributed by atoms with Crippen molar-refractivity contribution in [3.8, 4) is 0 Å². The van der Waals surface area contributed by atoms with E-state index < -0.39 is 0 Å². The summed E-state index contributed by atoms with van der Waals surface area (Å²) in [5, 5.41) is 0. The molecule has 100 valence electrons. The van der Waals surface area contributed by atoms with Crippen LogP contribution in [-0.4, -0.2) is 35.8 Å². The SMILES string of the molecule is CCc1nc(N(CC)CC2CCCO2)cc(=O)[nH]1. The van der Waals surface area contributed by atoms with Crippen LogP contribution in [0.4, 0.5) is 5.82 Å². The lowest BCUT2D eigenvalue weighted by Crippen LogP contribution is -2.33. The zero-order chi connectivity index (χ0) is 13.0. The maximum Gasteiger partial charge on any atom is 0.252 e. The fourth-order valence-electron chi connectivity index (χ4n) is 2.24. The molecule has 0 amide bonds. The normalized spacial score (nSPS) is 19.1. The van der Waals surface area contributed by atoms with E-state index in [1.807, 2.05) is 6.92 Å². The fraction of sp³-hybridized carbons (Fsp3) is 0.692. The van der Waals surface area contributed by atoms with E-state index in [2.05, 4.69) is 21.8 Å². The quantitative estimate of drug-likeness (QED) is 0.858. The molecule has 5 nitrogen and oxygen atoms in total. The number of hydrogen-bond donors (Lipinski definition) is 1. The molecule has 1 atom stereocenters. The Hall–Kier alpha value is -1.36. The third-order valence-corrected chi connectivity index (χ3v) is 3.27.